The van der Waals surface area contributed by atoms with Crippen molar-refractivity contribution in [3.05, 3.63) is 65.0 Å². The highest BCUT2D eigenvalue weighted by Crippen LogP contribution is 2.19. The zero-order valence-corrected chi connectivity index (χ0v) is 12.7. The van der Waals surface area contributed by atoms with Gasteiger partial charge >= 0.3 is 0 Å². The lowest BCUT2D eigenvalue weighted by Gasteiger charge is -2.07. The molecule has 0 atom stereocenters. The van der Waals surface area contributed by atoms with Crippen molar-refractivity contribution in [3.63, 3.8) is 0 Å². The molecule has 0 bridgehead atoms. The fourth-order valence-electron chi connectivity index (χ4n) is 1.79. The van der Waals surface area contributed by atoms with E-state index >= 15 is 0 Å². The van der Waals surface area contributed by atoms with E-state index in [2.05, 4.69) is 36.3 Å². The topological polar surface area (TPSA) is 72.7 Å². The zero-order chi connectivity index (χ0) is 15.5. The molecule has 0 radical (unpaired) electrons. The van der Waals surface area contributed by atoms with Crippen LogP contribution in [0.4, 0.5) is 10.1 Å². The van der Waals surface area contributed by atoms with E-state index in [-0.39, 0.29) is 5.56 Å². The third kappa shape index (κ3) is 3.01. The Kier molecular flexibility index (Phi) is 3.92. The van der Waals surface area contributed by atoms with Crippen molar-refractivity contribution >= 4 is 27.5 Å². The average Bonchev–Trinajstić information content (AvgIpc) is 3.05. The number of benzene rings is 1. The van der Waals surface area contributed by atoms with Gasteiger partial charge in [-0.25, -0.2) is 19.0 Å². The van der Waals surface area contributed by atoms with Crippen LogP contribution >= 0.6 is 15.9 Å². The summed E-state index contributed by atoms with van der Waals surface area (Å²) in [6.07, 6.45) is 4.41. The second-order valence-corrected chi connectivity index (χ2v) is 5.18. The van der Waals surface area contributed by atoms with Crippen LogP contribution in [-0.4, -0.2) is 25.7 Å². The van der Waals surface area contributed by atoms with Gasteiger partial charge in [0, 0.05) is 4.47 Å². The number of carbonyl (C=O) groups is 1. The number of aromatic nitrogens is 4. The maximum absolute atomic E-state index is 13.2. The molecule has 0 aliphatic carbocycles. The number of halogens is 2. The maximum atomic E-state index is 13.2. The van der Waals surface area contributed by atoms with Gasteiger partial charge in [0.1, 0.15) is 18.5 Å². The van der Waals surface area contributed by atoms with E-state index in [1.165, 1.54) is 35.7 Å². The van der Waals surface area contributed by atoms with Crippen molar-refractivity contribution in [3.8, 4) is 5.82 Å². The minimum atomic E-state index is -0.479. The van der Waals surface area contributed by atoms with Crippen LogP contribution < -0.4 is 5.32 Å². The van der Waals surface area contributed by atoms with Gasteiger partial charge in [0.25, 0.3) is 5.91 Å². The van der Waals surface area contributed by atoms with Crippen molar-refractivity contribution in [2.75, 3.05) is 5.32 Å². The fourth-order valence-corrected chi connectivity index (χ4v) is 2.22. The molecule has 1 aromatic carbocycles. The number of anilines is 1. The fraction of sp³-hybridized carbons (Fsp3) is 0. The second kappa shape index (κ2) is 6.02. The van der Waals surface area contributed by atoms with E-state index in [0.717, 1.165) is 6.07 Å². The first kappa shape index (κ1) is 14.3. The number of rotatable bonds is 3. The monoisotopic (exact) mass is 361 g/mol. The zero-order valence-electron chi connectivity index (χ0n) is 11.1. The standard InChI is InChI=1S/C14H9BrFN5O/c15-12-3-1-9(16)5-11(12)14(22)20-10-2-4-13(18-6-10)21-8-17-7-19-21/h1-8H,(H,20,22). The highest BCUT2D eigenvalue weighted by atomic mass is 79.9. The molecule has 0 spiro atoms. The summed E-state index contributed by atoms with van der Waals surface area (Å²) in [5.74, 6) is -0.336. The first-order valence-electron chi connectivity index (χ1n) is 6.21. The van der Waals surface area contributed by atoms with Gasteiger partial charge in [-0.3, -0.25) is 4.79 Å². The van der Waals surface area contributed by atoms with Crippen molar-refractivity contribution in [2.24, 2.45) is 0 Å². The van der Waals surface area contributed by atoms with Crippen LogP contribution in [0.15, 0.2) is 53.7 Å². The average molecular weight is 362 g/mol. The van der Waals surface area contributed by atoms with Crippen LogP contribution in [0.1, 0.15) is 10.4 Å². The van der Waals surface area contributed by atoms with Crippen LogP contribution in [0.25, 0.3) is 5.82 Å². The third-order valence-corrected chi connectivity index (χ3v) is 3.52. The first-order chi connectivity index (χ1) is 10.6. The Morgan fingerprint density at radius 3 is 2.82 bits per heavy atom. The van der Waals surface area contributed by atoms with E-state index in [1.807, 2.05) is 0 Å². The number of nitrogens with one attached hydrogen (secondary N) is 1. The predicted molar refractivity (Wildman–Crippen MR) is 81.2 cm³/mol. The van der Waals surface area contributed by atoms with Crippen molar-refractivity contribution in [1.29, 1.82) is 0 Å². The Labute approximate surface area is 133 Å². The molecule has 22 heavy (non-hydrogen) atoms. The Morgan fingerprint density at radius 2 is 2.14 bits per heavy atom. The Bertz CT molecular complexity index is 805. The molecule has 0 unspecified atom stereocenters. The molecule has 110 valence electrons. The summed E-state index contributed by atoms with van der Waals surface area (Å²) < 4.78 is 15.2. The smallest absolute Gasteiger partial charge is 0.256 e. The lowest BCUT2D eigenvalue weighted by Crippen LogP contribution is -2.13. The van der Waals surface area contributed by atoms with Crippen LogP contribution in [0.3, 0.4) is 0 Å². The Balaban J connectivity index is 1.78. The number of amides is 1. The summed E-state index contributed by atoms with van der Waals surface area (Å²) in [5, 5.41) is 6.61. The lowest BCUT2D eigenvalue weighted by molar-refractivity contribution is 0.102. The van der Waals surface area contributed by atoms with Gasteiger partial charge in [-0.2, -0.15) is 5.10 Å². The van der Waals surface area contributed by atoms with Crippen LogP contribution in [-0.2, 0) is 0 Å². The molecule has 0 aliphatic heterocycles. The summed E-state index contributed by atoms with van der Waals surface area (Å²) >= 11 is 3.22. The highest BCUT2D eigenvalue weighted by Gasteiger charge is 2.11. The molecule has 6 nitrogen and oxygen atoms in total. The van der Waals surface area contributed by atoms with Gasteiger partial charge in [-0.1, -0.05) is 0 Å². The highest BCUT2D eigenvalue weighted by molar-refractivity contribution is 9.10. The van der Waals surface area contributed by atoms with E-state index < -0.39 is 11.7 Å². The number of carbonyl (C=O) groups excluding carboxylic acids is 1. The van der Waals surface area contributed by atoms with Gasteiger partial charge < -0.3 is 5.32 Å². The molecule has 8 heteroatoms. The van der Waals surface area contributed by atoms with E-state index in [0.29, 0.717) is 16.0 Å². The molecule has 0 aliphatic rings. The lowest BCUT2D eigenvalue weighted by atomic mass is 10.2. The van der Waals surface area contributed by atoms with Crippen LogP contribution in [0.5, 0.6) is 0 Å². The summed E-state index contributed by atoms with van der Waals surface area (Å²) in [5.41, 5.74) is 0.699. The van der Waals surface area contributed by atoms with Gasteiger partial charge in [0.2, 0.25) is 0 Å². The normalized spacial score (nSPS) is 10.5. The third-order valence-electron chi connectivity index (χ3n) is 2.83. The van der Waals surface area contributed by atoms with Crippen LogP contribution in [0.2, 0.25) is 0 Å². The second-order valence-electron chi connectivity index (χ2n) is 4.32. The number of hydrogen-bond acceptors (Lipinski definition) is 4. The molecule has 0 fully saturated rings. The van der Waals surface area contributed by atoms with Crippen molar-refractivity contribution < 1.29 is 9.18 Å². The number of hydrogen-bond donors (Lipinski definition) is 1. The molecule has 3 aromatic rings. The molecule has 2 heterocycles. The van der Waals surface area contributed by atoms with Gasteiger partial charge in [-0.05, 0) is 46.3 Å². The quantitative estimate of drug-likeness (QED) is 0.778. The SMILES string of the molecule is O=C(Nc1ccc(-n2cncn2)nc1)c1cc(F)ccc1Br. The molecule has 0 saturated heterocycles. The van der Waals surface area contributed by atoms with Crippen molar-refractivity contribution in [2.45, 2.75) is 0 Å². The molecule has 1 N–H and O–H groups in total. The maximum Gasteiger partial charge on any atom is 0.256 e. The van der Waals surface area contributed by atoms with Gasteiger partial charge in [0.05, 0.1) is 17.4 Å². The summed E-state index contributed by atoms with van der Waals surface area (Å²) in [4.78, 5) is 20.1. The molecule has 3 rings (SSSR count). The molecular formula is C14H9BrFN5O. The largest absolute Gasteiger partial charge is 0.321 e. The summed E-state index contributed by atoms with van der Waals surface area (Å²) in [6, 6.07) is 7.28. The summed E-state index contributed by atoms with van der Waals surface area (Å²) in [7, 11) is 0. The Hall–Kier alpha value is -2.61. The molecular weight excluding hydrogens is 353 g/mol. The van der Waals surface area contributed by atoms with E-state index in [4.69, 9.17) is 0 Å². The van der Waals surface area contributed by atoms with Gasteiger partial charge in [0.15, 0.2) is 5.82 Å². The minimum Gasteiger partial charge on any atom is -0.321 e. The molecule has 1 amide bonds. The van der Waals surface area contributed by atoms with E-state index in [1.54, 1.807) is 12.1 Å². The molecule has 0 saturated carbocycles. The number of pyridine rings is 1. The first-order valence-corrected chi connectivity index (χ1v) is 7.00. The van der Waals surface area contributed by atoms with E-state index in [9.17, 15) is 9.18 Å². The summed E-state index contributed by atoms with van der Waals surface area (Å²) in [6.45, 7) is 0. The number of nitrogens with zero attached hydrogens (tertiary/aromatic N) is 4. The van der Waals surface area contributed by atoms with Gasteiger partial charge in [-0.15, -0.1) is 0 Å². The minimum absolute atomic E-state index is 0.209. The van der Waals surface area contributed by atoms with Crippen molar-refractivity contribution in [1.82, 2.24) is 19.7 Å². The van der Waals surface area contributed by atoms with Crippen LogP contribution in [0, 0.1) is 5.82 Å². The predicted octanol–water partition coefficient (Wildman–Crippen LogP) is 2.82. The Morgan fingerprint density at radius 1 is 1.27 bits per heavy atom. The molecule has 2 aromatic heterocycles.